The number of imidazole rings is 1. The number of esters is 1. The van der Waals surface area contributed by atoms with Crippen LogP contribution < -0.4 is 15.8 Å². The van der Waals surface area contributed by atoms with Crippen molar-refractivity contribution >= 4 is 30.7 Å². The molecule has 14 nitrogen and oxygen atoms in total. The number of hydrogen-bond acceptors (Lipinski definition) is 13. The first-order chi connectivity index (χ1) is 16.6. The molecule has 0 bridgehead atoms. The predicted octanol–water partition coefficient (Wildman–Crippen LogP) is 0.809. The molecule has 2 aliphatic rings. The molecular formula is C20H31N6O8P. The number of nitrogens with zero attached hydrogens (tertiary/aromatic N) is 4. The van der Waals surface area contributed by atoms with Gasteiger partial charge in [0.1, 0.15) is 12.1 Å². The van der Waals surface area contributed by atoms with Gasteiger partial charge in [-0.2, -0.15) is 9.97 Å². The Hall–Kier alpha value is -2.35. The number of nitrogen functional groups attached to an aromatic ring is 1. The van der Waals surface area contributed by atoms with Crippen LogP contribution in [0.25, 0.3) is 11.2 Å². The number of carbonyl (C=O) groups excluding carboxylic acids is 1. The smallest absolute Gasteiger partial charge is 0.344 e. The Bertz CT molecular complexity index is 1110. The van der Waals surface area contributed by atoms with Gasteiger partial charge in [0.2, 0.25) is 11.8 Å². The van der Waals surface area contributed by atoms with Crippen molar-refractivity contribution < 1.29 is 37.7 Å². The summed E-state index contributed by atoms with van der Waals surface area (Å²) in [5.74, 6) is -0.760. The van der Waals surface area contributed by atoms with Gasteiger partial charge < -0.3 is 34.1 Å². The quantitative estimate of drug-likeness (QED) is 0.333. The number of aromatic nitrogens is 4. The molecule has 2 aliphatic heterocycles. The van der Waals surface area contributed by atoms with E-state index >= 15 is 0 Å². The number of nitrogens with two attached hydrogens (primary N) is 1. The second kappa shape index (κ2) is 10.3. The van der Waals surface area contributed by atoms with Gasteiger partial charge in [-0.1, -0.05) is 0 Å². The summed E-state index contributed by atoms with van der Waals surface area (Å²) in [6, 6.07) is -0.699. The number of nitrogens with one attached hydrogen (secondary N) is 1. The van der Waals surface area contributed by atoms with Crippen molar-refractivity contribution in [3.05, 3.63) is 6.33 Å². The van der Waals surface area contributed by atoms with Crippen LogP contribution in [0, 0.1) is 5.92 Å². The summed E-state index contributed by atoms with van der Waals surface area (Å²) in [6.07, 6.45) is -1.48. The van der Waals surface area contributed by atoms with Crippen molar-refractivity contribution in [2.75, 3.05) is 31.8 Å². The number of fused-ring (bicyclic) bond motifs is 2. The molecule has 1 unspecified atom stereocenters. The average Bonchev–Trinajstić information content (AvgIpc) is 3.29. The highest BCUT2D eigenvalue weighted by Gasteiger charge is 2.49. The summed E-state index contributed by atoms with van der Waals surface area (Å²) in [4.78, 5) is 24.6. The Balaban J connectivity index is 1.43. The molecule has 0 radical (unpaired) electrons. The lowest BCUT2D eigenvalue weighted by molar-refractivity contribution is -0.149. The molecule has 0 amide bonds. The molecule has 2 aromatic heterocycles. The highest BCUT2D eigenvalue weighted by atomic mass is 31.2. The van der Waals surface area contributed by atoms with E-state index in [1.165, 1.54) is 6.33 Å². The maximum absolute atomic E-state index is 13.1. The molecule has 2 fully saturated rings. The van der Waals surface area contributed by atoms with Crippen LogP contribution in [-0.4, -0.2) is 81.1 Å². The van der Waals surface area contributed by atoms with Gasteiger partial charge in [0.25, 0.3) is 0 Å². The Morgan fingerprint density at radius 2 is 2.09 bits per heavy atom. The Morgan fingerprint density at radius 1 is 1.34 bits per heavy atom. The van der Waals surface area contributed by atoms with Crippen molar-refractivity contribution in [3.8, 4) is 5.88 Å². The molecule has 6 atom stereocenters. The van der Waals surface area contributed by atoms with Gasteiger partial charge in [-0.15, -0.1) is 0 Å². The first-order valence-electron chi connectivity index (χ1n) is 11.4. The Labute approximate surface area is 202 Å². The fourth-order valence-corrected chi connectivity index (χ4v) is 5.43. The first-order valence-corrected chi connectivity index (χ1v) is 13.1. The maximum atomic E-state index is 13.1. The molecule has 194 valence electrons. The summed E-state index contributed by atoms with van der Waals surface area (Å²) >= 11 is 0. The van der Waals surface area contributed by atoms with E-state index in [4.69, 9.17) is 29.0 Å². The normalized spacial score (nSPS) is 29.7. The molecule has 4 N–H and O–H groups in total. The van der Waals surface area contributed by atoms with E-state index in [0.717, 1.165) is 0 Å². The number of aliphatic hydroxyl groups is 1. The van der Waals surface area contributed by atoms with Crippen molar-refractivity contribution in [2.45, 2.75) is 58.3 Å². The van der Waals surface area contributed by atoms with E-state index in [-0.39, 0.29) is 37.4 Å². The van der Waals surface area contributed by atoms with E-state index in [1.807, 2.05) is 6.92 Å². The summed E-state index contributed by atoms with van der Waals surface area (Å²) < 4.78 is 42.5. The third kappa shape index (κ3) is 5.42. The van der Waals surface area contributed by atoms with Crippen molar-refractivity contribution in [2.24, 2.45) is 5.92 Å². The van der Waals surface area contributed by atoms with Crippen LogP contribution in [0.15, 0.2) is 6.33 Å². The molecular weight excluding hydrogens is 483 g/mol. The lowest BCUT2D eigenvalue weighted by Crippen LogP contribution is -2.37. The largest absolute Gasteiger partial charge is 0.476 e. The standard InChI is InChI=1S/C20H31N6O8P/c1-5-30-17-14-16(24-20(21)25-17)26(8-22-14)18-15(27)12-6-31-35(29,32-7-13(12)34-18)9-23-11(4)19(28)33-10(2)3/h8,10-13,15,18,23,27H,5-7,9H2,1-4H3,(H2,21,24,25)/t11-,12-,13-,15-,18-,35?/m1/s1. The molecule has 0 saturated carbocycles. The summed E-state index contributed by atoms with van der Waals surface area (Å²) in [5.41, 5.74) is 6.56. The monoisotopic (exact) mass is 514 g/mol. The lowest BCUT2D eigenvalue weighted by atomic mass is 9.99. The highest BCUT2D eigenvalue weighted by molar-refractivity contribution is 7.53. The molecule has 0 aromatic carbocycles. The molecule has 35 heavy (non-hydrogen) atoms. The molecule has 2 aromatic rings. The fraction of sp³-hybridized carbons (Fsp3) is 0.700. The first kappa shape index (κ1) is 25.7. The van der Waals surface area contributed by atoms with Gasteiger partial charge in [0, 0.05) is 5.92 Å². The van der Waals surface area contributed by atoms with Crippen LogP contribution in [0.5, 0.6) is 5.88 Å². The van der Waals surface area contributed by atoms with Crippen molar-refractivity contribution in [1.29, 1.82) is 0 Å². The van der Waals surface area contributed by atoms with Crippen molar-refractivity contribution in [3.63, 3.8) is 0 Å². The van der Waals surface area contributed by atoms with E-state index in [9.17, 15) is 14.5 Å². The fourth-order valence-electron chi connectivity index (χ4n) is 3.90. The van der Waals surface area contributed by atoms with Crippen LogP contribution in [0.3, 0.4) is 0 Å². The topological polar surface area (TPSA) is 182 Å². The molecule has 0 aliphatic carbocycles. The number of carbonyl (C=O) groups is 1. The highest BCUT2D eigenvalue weighted by Crippen LogP contribution is 2.52. The minimum atomic E-state index is -3.59. The van der Waals surface area contributed by atoms with Crippen molar-refractivity contribution in [1.82, 2.24) is 24.8 Å². The minimum Gasteiger partial charge on any atom is -0.476 e. The summed E-state index contributed by atoms with van der Waals surface area (Å²) in [5, 5.41) is 13.9. The third-order valence-electron chi connectivity index (χ3n) is 5.68. The second-order valence-corrected chi connectivity index (χ2v) is 10.7. The zero-order valence-corrected chi connectivity index (χ0v) is 20.9. The van der Waals surface area contributed by atoms with E-state index in [2.05, 4.69) is 20.3 Å². The SMILES string of the molecule is CCOc1nc(N)nc2c1ncn2[C@@H]1O[C@@H]2COP(=O)(CN[C@H](C)C(=O)OC(C)C)OC[C@H]2[C@H]1O. The molecule has 4 heterocycles. The number of rotatable bonds is 8. The molecule has 2 saturated heterocycles. The summed E-state index contributed by atoms with van der Waals surface area (Å²) in [6.45, 7) is 7.12. The zero-order valence-electron chi connectivity index (χ0n) is 20.0. The predicted molar refractivity (Wildman–Crippen MR) is 123 cm³/mol. The van der Waals surface area contributed by atoms with Crippen LogP contribution in [0.4, 0.5) is 5.95 Å². The van der Waals surface area contributed by atoms with Crippen LogP contribution >= 0.6 is 7.60 Å². The lowest BCUT2D eigenvalue weighted by Gasteiger charge is -2.22. The van der Waals surface area contributed by atoms with E-state index in [1.54, 1.807) is 25.3 Å². The van der Waals surface area contributed by atoms with Gasteiger partial charge in [-0.25, -0.2) is 4.98 Å². The van der Waals surface area contributed by atoms with Crippen LogP contribution in [-0.2, 0) is 27.9 Å². The zero-order chi connectivity index (χ0) is 25.3. The number of hydrogen-bond donors (Lipinski definition) is 3. The Morgan fingerprint density at radius 3 is 2.80 bits per heavy atom. The molecule has 15 heteroatoms. The van der Waals surface area contributed by atoms with E-state index in [0.29, 0.717) is 17.8 Å². The van der Waals surface area contributed by atoms with Gasteiger partial charge in [0.05, 0.1) is 44.6 Å². The average molecular weight is 514 g/mol. The van der Waals surface area contributed by atoms with E-state index < -0.39 is 44.0 Å². The molecule has 0 spiro atoms. The number of anilines is 1. The maximum Gasteiger partial charge on any atom is 0.344 e. The second-order valence-electron chi connectivity index (χ2n) is 8.64. The van der Waals surface area contributed by atoms with Crippen LogP contribution in [0.2, 0.25) is 0 Å². The summed E-state index contributed by atoms with van der Waals surface area (Å²) in [7, 11) is -3.59. The Kier molecular flexibility index (Phi) is 7.60. The third-order valence-corrected chi connectivity index (χ3v) is 7.34. The number of aliphatic hydroxyl groups excluding tert-OH is 1. The van der Waals surface area contributed by atoms with Gasteiger partial charge >= 0.3 is 13.6 Å². The van der Waals surface area contributed by atoms with Gasteiger partial charge in [-0.3, -0.25) is 19.2 Å². The minimum absolute atomic E-state index is 0.00369. The van der Waals surface area contributed by atoms with Gasteiger partial charge in [-0.05, 0) is 27.7 Å². The van der Waals surface area contributed by atoms with Gasteiger partial charge in [0.15, 0.2) is 17.4 Å². The number of ether oxygens (including phenoxy) is 3. The molecule has 4 rings (SSSR count). The van der Waals surface area contributed by atoms with Crippen LogP contribution in [0.1, 0.15) is 33.9 Å².